The highest BCUT2D eigenvalue weighted by atomic mass is 35.5. The van der Waals surface area contributed by atoms with Crippen LogP contribution in [0, 0.1) is 0 Å². The number of nitrogens with zero attached hydrogens (tertiary/aromatic N) is 1. The van der Waals surface area contributed by atoms with Gasteiger partial charge in [-0.25, -0.2) is 8.81 Å². The summed E-state index contributed by atoms with van der Waals surface area (Å²) < 4.78 is 11.9. The lowest BCUT2D eigenvalue weighted by Gasteiger charge is -2.04. The van der Waals surface area contributed by atoms with Gasteiger partial charge in [0.25, 0.3) is 0 Å². The van der Waals surface area contributed by atoms with E-state index in [4.69, 9.17) is 11.8 Å². The van der Waals surface area contributed by atoms with Gasteiger partial charge in [0.15, 0.2) is 6.80 Å². The Balaban J connectivity index is 3.46. The van der Waals surface area contributed by atoms with Gasteiger partial charge in [0.05, 0.1) is 0 Å². The van der Waals surface area contributed by atoms with Crippen molar-refractivity contribution in [1.29, 1.82) is 0 Å². The summed E-state index contributed by atoms with van der Waals surface area (Å²) in [6.45, 7) is 0.696. The quantitative estimate of drug-likeness (QED) is 0.417. The minimum absolute atomic E-state index is 0.243. The van der Waals surface area contributed by atoms with Gasteiger partial charge in [-0.2, -0.15) is 0 Å². The Morgan fingerprint density at radius 3 is 2.50 bits per heavy atom. The van der Waals surface area contributed by atoms with Crippen LogP contribution in [0.1, 0.15) is 13.3 Å². The molecule has 0 spiro atoms. The minimum atomic E-state index is -0.922. The van der Waals surface area contributed by atoms with Crippen molar-refractivity contribution in [3.05, 3.63) is 0 Å². The molecule has 0 aliphatic heterocycles. The molecular weight excluding hydrogens is 133 g/mol. The molecule has 0 saturated heterocycles. The van der Waals surface area contributed by atoms with Gasteiger partial charge >= 0.3 is 0 Å². The number of hydrogen-bond acceptors (Lipinski definition) is 1. The van der Waals surface area contributed by atoms with Crippen LogP contribution in [0.2, 0.25) is 0 Å². The van der Waals surface area contributed by atoms with Gasteiger partial charge in [-0.15, -0.1) is 0 Å². The first-order chi connectivity index (χ1) is 3.72. The molecule has 0 aromatic rings. The summed E-state index contributed by atoms with van der Waals surface area (Å²) in [4.78, 5) is 10.3. The lowest BCUT2D eigenvalue weighted by Crippen LogP contribution is -2.18. The fourth-order valence-electron chi connectivity index (χ4n) is 0.238. The van der Waals surface area contributed by atoms with E-state index < -0.39 is 12.7 Å². The van der Waals surface area contributed by atoms with E-state index >= 15 is 0 Å². The van der Waals surface area contributed by atoms with Crippen LogP contribution in [0.3, 0.4) is 0 Å². The lowest BCUT2D eigenvalue weighted by molar-refractivity contribution is -0.127. The zero-order chi connectivity index (χ0) is 6.57. The fourth-order valence-corrected chi connectivity index (χ4v) is 0.358. The van der Waals surface area contributed by atoms with Crippen LogP contribution in [0.4, 0.5) is 4.39 Å². The SMILES string of the molecule is CCC(=O)N(Cl)CF. The Morgan fingerprint density at radius 2 is 2.38 bits per heavy atom. The van der Waals surface area contributed by atoms with Gasteiger partial charge in [-0.05, 0) is 0 Å². The monoisotopic (exact) mass is 139 g/mol. The third kappa shape index (κ3) is 2.12. The van der Waals surface area contributed by atoms with Crippen molar-refractivity contribution in [3.63, 3.8) is 0 Å². The maximum atomic E-state index is 11.4. The van der Waals surface area contributed by atoms with E-state index in [1.54, 1.807) is 6.92 Å². The van der Waals surface area contributed by atoms with Crippen LogP contribution in [0.25, 0.3) is 0 Å². The summed E-state index contributed by atoms with van der Waals surface area (Å²) in [5.41, 5.74) is 0. The molecule has 0 saturated carbocycles. The molecule has 4 heteroatoms. The van der Waals surface area contributed by atoms with Gasteiger partial charge in [-0.1, -0.05) is 6.92 Å². The Labute approximate surface area is 52.3 Å². The number of alkyl halides is 1. The van der Waals surface area contributed by atoms with Crippen LogP contribution < -0.4 is 0 Å². The van der Waals surface area contributed by atoms with Crippen molar-refractivity contribution in [1.82, 2.24) is 4.42 Å². The Morgan fingerprint density at radius 1 is 1.88 bits per heavy atom. The van der Waals surface area contributed by atoms with Gasteiger partial charge in [0.1, 0.15) is 0 Å². The van der Waals surface area contributed by atoms with Crippen molar-refractivity contribution < 1.29 is 9.18 Å². The summed E-state index contributed by atoms with van der Waals surface area (Å²) in [7, 11) is 0. The standard InChI is InChI=1S/C4H7ClFNO/c1-2-4(8)7(5)3-6/h2-3H2,1H3. The molecule has 0 unspecified atom stereocenters. The largest absolute Gasteiger partial charge is 0.274 e. The summed E-state index contributed by atoms with van der Waals surface area (Å²) in [5, 5.41) is 0. The molecule has 2 nitrogen and oxygen atoms in total. The second-order valence-corrected chi connectivity index (χ2v) is 1.64. The predicted molar refractivity (Wildman–Crippen MR) is 29.0 cm³/mol. The van der Waals surface area contributed by atoms with E-state index in [-0.39, 0.29) is 6.42 Å². The van der Waals surface area contributed by atoms with E-state index in [1.165, 1.54) is 0 Å². The first-order valence-electron chi connectivity index (χ1n) is 2.24. The Bertz CT molecular complexity index is 88.1. The number of carbonyl (C=O) groups excluding carboxylic acids is 1. The van der Waals surface area contributed by atoms with Crippen LogP contribution in [-0.4, -0.2) is 17.1 Å². The second kappa shape index (κ2) is 3.66. The molecule has 0 aliphatic rings. The van der Waals surface area contributed by atoms with E-state index in [9.17, 15) is 9.18 Å². The molecule has 8 heavy (non-hydrogen) atoms. The van der Waals surface area contributed by atoms with E-state index in [0.717, 1.165) is 0 Å². The van der Waals surface area contributed by atoms with Crippen LogP contribution in [-0.2, 0) is 4.79 Å². The molecule has 0 aromatic heterocycles. The first-order valence-corrected chi connectivity index (χ1v) is 2.58. The Hall–Kier alpha value is -0.310. The van der Waals surface area contributed by atoms with Crippen LogP contribution >= 0.6 is 11.8 Å². The molecule has 0 atom stereocenters. The van der Waals surface area contributed by atoms with E-state index in [1.807, 2.05) is 0 Å². The van der Waals surface area contributed by atoms with Crippen molar-refractivity contribution in [3.8, 4) is 0 Å². The maximum absolute atomic E-state index is 11.4. The molecule has 0 bridgehead atoms. The summed E-state index contributed by atoms with van der Waals surface area (Å²) in [6, 6.07) is 0. The highest BCUT2D eigenvalue weighted by molar-refractivity contribution is 6.21. The number of carbonyl (C=O) groups is 1. The Kier molecular flexibility index (Phi) is 3.52. The molecule has 0 rings (SSSR count). The average Bonchev–Trinajstić information content (AvgIpc) is 1.84. The zero-order valence-corrected chi connectivity index (χ0v) is 5.28. The topological polar surface area (TPSA) is 20.3 Å². The first kappa shape index (κ1) is 7.69. The minimum Gasteiger partial charge on any atom is -0.274 e. The van der Waals surface area contributed by atoms with Crippen molar-refractivity contribution in [2.45, 2.75) is 13.3 Å². The highest BCUT2D eigenvalue weighted by Crippen LogP contribution is 1.96. The van der Waals surface area contributed by atoms with E-state index in [0.29, 0.717) is 4.42 Å². The lowest BCUT2D eigenvalue weighted by atomic mass is 10.5. The molecule has 0 fully saturated rings. The molecular formula is C4H7ClFNO. The van der Waals surface area contributed by atoms with Gasteiger partial charge in [-0.3, -0.25) is 4.79 Å². The number of hydrogen-bond donors (Lipinski definition) is 0. The van der Waals surface area contributed by atoms with E-state index in [2.05, 4.69) is 0 Å². The van der Waals surface area contributed by atoms with Gasteiger partial charge in [0, 0.05) is 18.2 Å². The summed E-state index contributed by atoms with van der Waals surface area (Å²) in [5.74, 6) is -0.394. The molecule has 1 amide bonds. The summed E-state index contributed by atoms with van der Waals surface area (Å²) in [6.07, 6.45) is 0.243. The number of amides is 1. The third-order valence-corrected chi connectivity index (χ3v) is 0.957. The molecule has 0 N–H and O–H groups in total. The fraction of sp³-hybridized carbons (Fsp3) is 0.750. The zero-order valence-electron chi connectivity index (χ0n) is 4.53. The van der Waals surface area contributed by atoms with Gasteiger partial charge < -0.3 is 0 Å². The van der Waals surface area contributed by atoms with Crippen molar-refractivity contribution in [2.24, 2.45) is 0 Å². The molecule has 0 aliphatic carbocycles. The van der Waals surface area contributed by atoms with Crippen LogP contribution in [0.5, 0.6) is 0 Å². The van der Waals surface area contributed by atoms with Crippen molar-refractivity contribution >= 4 is 17.7 Å². The van der Waals surface area contributed by atoms with Gasteiger partial charge in [0.2, 0.25) is 5.91 Å². The summed E-state index contributed by atoms with van der Waals surface area (Å²) >= 11 is 5.02. The normalized spacial score (nSPS) is 8.88. The van der Waals surface area contributed by atoms with Crippen molar-refractivity contribution in [2.75, 3.05) is 6.80 Å². The van der Waals surface area contributed by atoms with Crippen LogP contribution in [0.15, 0.2) is 0 Å². The molecule has 0 aromatic carbocycles. The molecule has 48 valence electrons. The second-order valence-electron chi connectivity index (χ2n) is 1.23. The predicted octanol–water partition coefficient (Wildman–Crippen LogP) is 1.31. The molecule has 0 heterocycles. The number of halogens is 2. The average molecular weight is 140 g/mol. The maximum Gasteiger partial charge on any atom is 0.238 e. The number of rotatable bonds is 2. The highest BCUT2D eigenvalue weighted by Gasteiger charge is 2.04. The smallest absolute Gasteiger partial charge is 0.238 e. The molecule has 0 radical (unpaired) electrons. The third-order valence-electron chi connectivity index (χ3n) is 0.678.